The Kier molecular flexibility index (Phi) is 2.01. The standard InChI is InChI=1S/C11H16NO3/c1-11(2,3)15-10(14)12-5-4-8(6-12)9(13)7-12/h4-5,8H,6-7H2,1-3H3/q+1/t8-,12+/m0/s1. The van der Waals surface area contributed by atoms with Gasteiger partial charge < -0.3 is 4.74 Å². The summed E-state index contributed by atoms with van der Waals surface area (Å²) in [6.45, 7) is 6.30. The summed E-state index contributed by atoms with van der Waals surface area (Å²) >= 11 is 0. The number of nitrogens with zero attached hydrogens (tertiary/aromatic N) is 1. The molecule has 4 nitrogen and oxygen atoms in total. The van der Waals surface area contributed by atoms with Crippen LogP contribution >= 0.6 is 0 Å². The van der Waals surface area contributed by atoms with E-state index in [0.29, 0.717) is 6.54 Å². The molecule has 0 N–H and O–H groups in total. The molecule has 0 radical (unpaired) electrons. The lowest BCUT2D eigenvalue weighted by Gasteiger charge is -2.27. The molecular formula is C11H16NO3+. The molecule has 1 saturated heterocycles. The van der Waals surface area contributed by atoms with Crippen molar-refractivity contribution >= 4 is 11.9 Å². The molecular weight excluding hydrogens is 194 g/mol. The lowest BCUT2D eigenvalue weighted by atomic mass is 10.1. The molecule has 2 atom stereocenters. The molecule has 1 amide bonds. The van der Waals surface area contributed by atoms with Gasteiger partial charge in [-0.2, -0.15) is 9.28 Å². The van der Waals surface area contributed by atoms with Gasteiger partial charge in [-0.3, -0.25) is 4.79 Å². The summed E-state index contributed by atoms with van der Waals surface area (Å²) in [7, 11) is 0. The summed E-state index contributed by atoms with van der Waals surface area (Å²) in [5.41, 5.74) is -0.498. The number of carbonyl (C=O) groups excluding carboxylic acids is 2. The second-order valence-corrected chi connectivity index (χ2v) is 5.27. The summed E-state index contributed by atoms with van der Waals surface area (Å²) < 4.78 is 5.38. The highest BCUT2D eigenvalue weighted by Crippen LogP contribution is 2.32. The fourth-order valence-electron chi connectivity index (χ4n) is 2.02. The summed E-state index contributed by atoms with van der Waals surface area (Å²) in [5, 5.41) is 0. The Morgan fingerprint density at radius 1 is 1.53 bits per heavy atom. The van der Waals surface area contributed by atoms with Crippen molar-refractivity contribution in [2.75, 3.05) is 13.1 Å². The number of hydrogen-bond donors (Lipinski definition) is 0. The van der Waals surface area contributed by atoms with Crippen molar-refractivity contribution in [1.29, 1.82) is 0 Å². The average Bonchev–Trinajstić information content (AvgIpc) is 2.58. The fraction of sp³-hybridized carbons (Fsp3) is 0.636. The Bertz CT molecular complexity index is 353. The van der Waals surface area contributed by atoms with E-state index in [1.165, 1.54) is 0 Å². The van der Waals surface area contributed by atoms with Crippen LogP contribution in [0.2, 0.25) is 0 Å². The van der Waals surface area contributed by atoms with Crippen LogP contribution in [0.15, 0.2) is 12.3 Å². The van der Waals surface area contributed by atoms with Gasteiger partial charge in [-0.1, -0.05) is 0 Å². The minimum absolute atomic E-state index is 0.0563. The van der Waals surface area contributed by atoms with Crippen molar-refractivity contribution in [2.45, 2.75) is 26.4 Å². The molecule has 0 aromatic heterocycles. The van der Waals surface area contributed by atoms with Gasteiger partial charge in [0.15, 0.2) is 6.54 Å². The number of ketones is 1. The predicted octanol–water partition coefficient (Wildman–Crippen LogP) is 1.46. The number of fused-ring (bicyclic) bond motifs is 2. The third-order valence-corrected chi connectivity index (χ3v) is 2.73. The van der Waals surface area contributed by atoms with Gasteiger partial charge in [0, 0.05) is 0 Å². The third-order valence-electron chi connectivity index (χ3n) is 2.73. The topological polar surface area (TPSA) is 43.4 Å². The number of Topliss-reactive ketones (excluding diaryl/α,β-unsaturated/α-hetero) is 1. The number of ether oxygens (including phenoxy) is 1. The largest absolute Gasteiger partial charge is 0.521 e. The Balaban J connectivity index is 2.15. The number of rotatable bonds is 0. The minimum atomic E-state index is -0.498. The van der Waals surface area contributed by atoms with Crippen molar-refractivity contribution in [3.05, 3.63) is 12.3 Å². The van der Waals surface area contributed by atoms with Crippen LogP contribution in [0.3, 0.4) is 0 Å². The number of hydrogen-bond acceptors (Lipinski definition) is 3. The van der Waals surface area contributed by atoms with Gasteiger partial charge in [0.25, 0.3) is 0 Å². The van der Waals surface area contributed by atoms with Crippen molar-refractivity contribution in [1.82, 2.24) is 0 Å². The first-order valence-corrected chi connectivity index (χ1v) is 5.15. The van der Waals surface area contributed by atoms with E-state index in [-0.39, 0.29) is 28.8 Å². The van der Waals surface area contributed by atoms with E-state index >= 15 is 0 Å². The maximum atomic E-state index is 11.9. The highest BCUT2D eigenvalue weighted by atomic mass is 16.6. The zero-order valence-corrected chi connectivity index (χ0v) is 9.32. The summed E-state index contributed by atoms with van der Waals surface area (Å²) in [6, 6.07) is 0. The fourth-order valence-corrected chi connectivity index (χ4v) is 2.02. The number of amides is 1. The van der Waals surface area contributed by atoms with E-state index < -0.39 is 5.60 Å². The van der Waals surface area contributed by atoms with E-state index in [1.54, 1.807) is 6.20 Å². The van der Waals surface area contributed by atoms with Crippen molar-refractivity contribution in [3.63, 3.8) is 0 Å². The molecule has 15 heavy (non-hydrogen) atoms. The Labute approximate surface area is 89.1 Å². The molecule has 4 heteroatoms. The predicted molar refractivity (Wildman–Crippen MR) is 53.9 cm³/mol. The summed E-state index contributed by atoms with van der Waals surface area (Å²) in [5.74, 6) is 0.0703. The monoisotopic (exact) mass is 210 g/mol. The molecule has 0 aromatic carbocycles. The van der Waals surface area contributed by atoms with Crippen molar-refractivity contribution in [2.24, 2.45) is 5.92 Å². The molecule has 0 saturated carbocycles. The van der Waals surface area contributed by atoms with Crippen LogP contribution in [0.5, 0.6) is 0 Å². The molecule has 0 unspecified atom stereocenters. The molecule has 82 valence electrons. The van der Waals surface area contributed by atoms with Crippen LogP contribution in [0.25, 0.3) is 0 Å². The first-order chi connectivity index (χ1) is 6.82. The molecule has 2 aliphatic rings. The van der Waals surface area contributed by atoms with E-state index in [1.807, 2.05) is 26.8 Å². The molecule has 2 aliphatic heterocycles. The summed E-state index contributed by atoms with van der Waals surface area (Å²) in [6.07, 6.45) is 3.29. The zero-order valence-electron chi connectivity index (χ0n) is 9.32. The molecule has 0 spiro atoms. The van der Waals surface area contributed by atoms with Crippen LogP contribution in [-0.4, -0.2) is 35.1 Å². The lowest BCUT2D eigenvalue weighted by molar-refractivity contribution is -0.786. The van der Waals surface area contributed by atoms with E-state index in [9.17, 15) is 9.59 Å². The second-order valence-electron chi connectivity index (χ2n) is 5.27. The van der Waals surface area contributed by atoms with Crippen LogP contribution in [0, 0.1) is 5.92 Å². The Morgan fingerprint density at radius 3 is 2.60 bits per heavy atom. The van der Waals surface area contributed by atoms with Gasteiger partial charge in [-0.05, 0) is 26.8 Å². The normalized spacial score (nSPS) is 33.5. The molecule has 2 heterocycles. The second kappa shape index (κ2) is 2.92. The van der Waals surface area contributed by atoms with Gasteiger partial charge in [-0.15, -0.1) is 0 Å². The van der Waals surface area contributed by atoms with Crippen LogP contribution in [-0.2, 0) is 9.53 Å². The van der Waals surface area contributed by atoms with Crippen LogP contribution in [0.4, 0.5) is 4.79 Å². The van der Waals surface area contributed by atoms with Gasteiger partial charge in [0.05, 0.1) is 5.92 Å². The van der Waals surface area contributed by atoms with Gasteiger partial charge in [-0.25, -0.2) is 0 Å². The smallest absolute Gasteiger partial charge is 0.414 e. The Hall–Kier alpha value is -1.16. The summed E-state index contributed by atoms with van der Waals surface area (Å²) in [4.78, 5) is 23.4. The maximum Gasteiger partial charge on any atom is 0.521 e. The van der Waals surface area contributed by atoms with Gasteiger partial charge in [0.2, 0.25) is 5.78 Å². The van der Waals surface area contributed by atoms with Crippen LogP contribution < -0.4 is 0 Å². The highest BCUT2D eigenvalue weighted by molar-refractivity contribution is 5.88. The molecule has 2 rings (SSSR count). The quantitative estimate of drug-likeness (QED) is 0.568. The van der Waals surface area contributed by atoms with E-state index in [0.717, 1.165) is 0 Å². The Morgan fingerprint density at radius 2 is 2.20 bits per heavy atom. The van der Waals surface area contributed by atoms with Crippen molar-refractivity contribution in [3.8, 4) is 0 Å². The molecule has 1 fully saturated rings. The molecule has 0 aliphatic carbocycles. The SMILES string of the molecule is CC(C)(C)OC(=O)[N@+]12C=C[C@@H](C1)C(=O)C2. The maximum absolute atomic E-state index is 11.9. The first kappa shape index (κ1) is 10.4. The number of quaternary nitrogens is 1. The van der Waals surface area contributed by atoms with Gasteiger partial charge >= 0.3 is 6.09 Å². The first-order valence-electron chi connectivity index (χ1n) is 5.15. The van der Waals surface area contributed by atoms with Crippen LogP contribution in [0.1, 0.15) is 20.8 Å². The lowest BCUT2D eigenvalue weighted by Crippen LogP contribution is -2.48. The van der Waals surface area contributed by atoms with Gasteiger partial charge in [0.1, 0.15) is 18.3 Å². The van der Waals surface area contributed by atoms with Crippen molar-refractivity contribution < 1.29 is 18.8 Å². The average molecular weight is 210 g/mol. The minimum Gasteiger partial charge on any atom is -0.414 e. The third kappa shape index (κ3) is 1.69. The van der Waals surface area contributed by atoms with E-state index in [4.69, 9.17) is 4.74 Å². The highest BCUT2D eigenvalue weighted by Gasteiger charge is 2.54. The molecule has 2 bridgehead atoms. The van der Waals surface area contributed by atoms with E-state index in [2.05, 4.69) is 0 Å². The number of carbonyl (C=O) groups is 2. The zero-order chi connectivity index (χ0) is 11.3. The molecule has 0 aromatic rings.